The van der Waals surface area contributed by atoms with Crippen LogP contribution in [0.25, 0.3) is 0 Å². The molecule has 2 aromatic carbocycles. The predicted molar refractivity (Wildman–Crippen MR) is 106 cm³/mol. The summed E-state index contributed by atoms with van der Waals surface area (Å²) >= 11 is 0. The number of aryl methyl sites for hydroxylation is 2. The summed E-state index contributed by atoms with van der Waals surface area (Å²) in [5.74, 6) is -0.592. The summed E-state index contributed by atoms with van der Waals surface area (Å²) in [5, 5.41) is 2.95. The van der Waals surface area contributed by atoms with Crippen molar-refractivity contribution in [2.24, 2.45) is 0 Å². The Labute approximate surface area is 165 Å². The third kappa shape index (κ3) is 4.57. The van der Waals surface area contributed by atoms with Gasteiger partial charge in [0.25, 0.3) is 0 Å². The molecule has 8 heteroatoms. The van der Waals surface area contributed by atoms with Crippen LogP contribution in [0.15, 0.2) is 47.4 Å². The van der Waals surface area contributed by atoms with Crippen LogP contribution in [0.4, 0.5) is 10.1 Å². The number of rotatable bonds is 5. The second-order valence-electron chi connectivity index (χ2n) is 6.95. The number of nitrogens with one attached hydrogen (secondary N) is 1. The maximum Gasteiger partial charge on any atom is 0.243 e. The van der Waals surface area contributed by atoms with Crippen molar-refractivity contribution in [3.63, 3.8) is 0 Å². The van der Waals surface area contributed by atoms with E-state index in [0.29, 0.717) is 13.1 Å². The first-order chi connectivity index (χ1) is 13.3. The van der Waals surface area contributed by atoms with Crippen molar-refractivity contribution in [3.8, 4) is 0 Å². The van der Waals surface area contributed by atoms with Crippen molar-refractivity contribution in [3.05, 3.63) is 59.4 Å². The van der Waals surface area contributed by atoms with Crippen molar-refractivity contribution in [2.45, 2.75) is 18.7 Å². The van der Waals surface area contributed by atoms with Crippen LogP contribution in [0, 0.1) is 19.7 Å². The van der Waals surface area contributed by atoms with Crippen LogP contribution < -0.4 is 5.32 Å². The molecule has 1 heterocycles. The van der Waals surface area contributed by atoms with Gasteiger partial charge in [0, 0.05) is 31.9 Å². The van der Waals surface area contributed by atoms with Gasteiger partial charge in [-0.25, -0.2) is 12.8 Å². The highest BCUT2D eigenvalue weighted by Crippen LogP contribution is 2.20. The van der Waals surface area contributed by atoms with E-state index in [2.05, 4.69) is 5.32 Å². The van der Waals surface area contributed by atoms with Crippen molar-refractivity contribution in [1.29, 1.82) is 0 Å². The van der Waals surface area contributed by atoms with E-state index in [9.17, 15) is 17.6 Å². The highest BCUT2D eigenvalue weighted by Gasteiger charge is 2.29. The largest absolute Gasteiger partial charge is 0.324 e. The fourth-order valence-electron chi connectivity index (χ4n) is 3.28. The van der Waals surface area contributed by atoms with Crippen molar-refractivity contribution in [2.75, 3.05) is 38.0 Å². The third-order valence-electron chi connectivity index (χ3n) is 4.90. The number of anilines is 1. The normalized spacial score (nSPS) is 16.1. The minimum Gasteiger partial charge on any atom is -0.324 e. The lowest BCUT2D eigenvalue weighted by atomic mass is 10.1. The number of carbonyl (C=O) groups excluding carboxylic acids is 1. The molecule has 2 aromatic rings. The van der Waals surface area contributed by atoms with Gasteiger partial charge in [0.05, 0.1) is 11.4 Å². The third-order valence-corrected chi connectivity index (χ3v) is 6.81. The Hall–Kier alpha value is -2.29. The molecule has 0 bridgehead atoms. The van der Waals surface area contributed by atoms with Crippen LogP contribution in [0.2, 0.25) is 0 Å². The minimum atomic E-state index is -3.65. The smallest absolute Gasteiger partial charge is 0.243 e. The minimum absolute atomic E-state index is 0.0788. The fraction of sp³-hybridized carbons (Fsp3) is 0.350. The number of amides is 1. The summed E-state index contributed by atoms with van der Waals surface area (Å²) in [5.41, 5.74) is 2.83. The summed E-state index contributed by atoms with van der Waals surface area (Å²) < 4.78 is 39.7. The van der Waals surface area contributed by atoms with Gasteiger partial charge in [0.2, 0.25) is 15.9 Å². The summed E-state index contributed by atoms with van der Waals surface area (Å²) in [6.07, 6.45) is 0. The SMILES string of the molecule is Cc1cccc(C)c1NC(=O)CN1CCN(S(=O)(=O)c2ccc(F)cc2)CC1. The van der Waals surface area contributed by atoms with E-state index < -0.39 is 15.8 Å². The molecular weight excluding hydrogens is 381 g/mol. The van der Waals surface area contributed by atoms with E-state index in [-0.39, 0.29) is 30.4 Å². The maximum atomic E-state index is 13.0. The number of halogens is 1. The number of para-hydroxylation sites is 1. The zero-order chi connectivity index (χ0) is 20.3. The highest BCUT2D eigenvalue weighted by atomic mass is 32.2. The van der Waals surface area contributed by atoms with Crippen LogP contribution in [0.1, 0.15) is 11.1 Å². The standard InChI is InChI=1S/C20H24FN3O3S/c1-15-4-3-5-16(2)20(15)22-19(25)14-23-10-12-24(13-11-23)28(26,27)18-8-6-17(21)7-9-18/h3-9H,10-14H2,1-2H3,(H,22,25). The Morgan fingerprint density at radius 3 is 2.14 bits per heavy atom. The lowest BCUT2D eigenvalue weighted by Gasteiger charge is -2.33. The molecule has 0 aliphatic carbocycles. The van der Waals surface area contributed by atoms with E-state index in [1.807, 2.05) is 36.9 Å². The van der Waals surface area contributed by atoms with E-state index in [0.717, 1.165) is 28.9 Å². The first kappa shape index (κ1) is 20.4. The monoisotopic (exact) mass is 405 g/mol. The number of sulfonamides is 1. The number of hydrogen-bond acceptors (Lipinski definition) is 4. The van der Waals surface area contributed by atoms with Gasteiger partial charge >= 0.3 is 0 Å². The van der Waals surface area contributed by atoms with Gasteiger partial charge in [-0.3, -0.25) is 9.69 Å². The molecule has 150 valence electrons. The zero-order valence-electron chi connectivity index (χ0n) is 16.0. The molecule has 0 spiro atoms. The highest BCUT2D eigenvalue weighted by molar-refractivity contribution is 7.89. The summed E-state index contributed by atoms with van der Waals surface area (Å²) in [6.45, 7) is 5.59. The van der Waals surface area contributed by atoms with Gasteiger partial charge in [0.15, 0.2) is 0 Å². The molecule has 28 heavy (non-hydrogen) atoms. The van der Waals surface area contributed by atoms with Crippen LogP contribution in [-0.2, 0) is 14.8 Å². The molecule has 1 N–H and O–H groups in total. The summed E-state index contributed by atoms with van der Waals surface area (Å²) in [4.78, 5) is 14.4. The molecule has 1 fully saturated rings. The Bertz CT molecular complexity index is 933. The predicted octanol–water partition coefficient (Wildman–Crippen LogP) is 2.39. The molecule has 1 aliphatic rings. The Kier molecular flexibility index (Phi) is 6.12. The van der Waals surface area contributed by atoms with Crippen LogP contribution >= 0.6 is 0 Å². The summed E-state index contributed by atoms with van der Waals surface area (Å²) in [6, 6.07) is 10.7. The average Bonchev–Trinajstić information content (AvgIpc) is 2.66. The van der Waals surface area contributed by atoms with Gasteiger partial charge in [-0.2, -0.15) is 4.31 Å². The second-order valence-corrected chi connectivity index (χ2v) is 8.89. The molecule has 0 unspecified atom stereocenters. The van der Waals surface area contributed by atoms with E-state index in [4.69, 9.17) is 0 Å². The molecule has 0 atom stereocenters. The van der Waals surface area contributed by atoms with Crippen LogP contribution in [0.3, 0.4) is 0 Å². The van der Waals surface area contributed by atoms with Crippen molar-refractivity contribution < 1.29 is 17.6 Å². The van der Waals surface area contributed by atoms with Crippen LogP contribution in [-0.4, -0.2) is 56.3 Å². The van der Waals surface area contributed by atoms with Gasteiger partial charge in [-0.15, -0.1) is 0 Å². The van der Waals surface area contributed by atoms with Crippen molar-refractivity contribution >= 4 is 21.6 Å². The topological polar surface area (TPSA) is 69.7 Å². The molecule has 3 rings (SSSR count). The summed E-state index contributed by atoms with van der Waals surface area (Å²) in [7, 11) is -3.65. The number of nitrogens with zero attached hydrogens (tertiary/aromatic N) is 2. The maximum absolute atomic E-state index is 13.0. The van der Waals surface area contributed by atoms with Gasteiger partial charge in [-0.05, 0) is 49.2 Å². The lowest BCUT2D eigenvalue weighted by Crippen LogP contribution is -2.50. The number of hydrogen-bond donors (Lipinski definition) is 1. The number of piperazine rings is 1. The Morgan fingerprint density at radius 1 is 1.00 bits per heavy atom. The molecule has 6 nitrogen and oxygen atoms in total. The quantitative estimate of drug-likeness (QED) is 0.829. The molecule has 1 amide bonds. The second kappa shape index (κ2) is 8.38. The van der Waals surface area contributed by atoms with E-state index in [1.165, 1.54) is 16.4 Å². The number of benzene rings is 2. The lowest BCUT2D eigenvalue weighted by molar-refractivity contribution is -0.117. The van der Waals surface area contributed by atoms with Gasteiger partial charge in [0.1, 0.15) is 5.82 Å². The molecule has 0 radical (unpaired) electrons. The van der Waals surface area contributed by atoms with Gasteiger partial charge < -0.3 is 5.32 Å². The first-order valence-corrected chi connectivity index (χ1v) is 10.6. The molecule has 0 saturated carbocycles. The van der Waals surface area contributed by atoms with Crippen molar-refractivity contribution in [1.82, 2.24) is 9.21 Å². The Morgan fingerprint density at radius 2 is 1.57 bits per heavy atom. The number of carbonyl (C=O) groups is 1. The molecular formula is C20H24FN3O3S. The first-order valence-electron chi connectivity index (χ1n) is 9.11. The average molecular weight is 405 g/mol. The van der Waals surface area contributed by atoms with Crippen LogP contribution in [0.5, 0.6) is 0 Å². The Balaban J connectivity index is 1.56. The molecule has 0 aromatic heterocycles. The van der Waals surface area contributed by atoms with E-state index in [1.54, 1.807) is 0 Å². The van der Waals surface area contributed by atoms with Gasteiger partial charge in [-0.1, -0.05) is 18.2 Å². The zero-order valence-corrected chi connectivity index (χ0v) is 16.8. The van der Waals surface area contributed by atoms with E-state index >= 15 is 0 Å². The molecule has 1 aliphatic heterocycles. The molecule has 1 saturated heterocycles. The fourth-order valence-corrected chi connectivity index (χ4v) is 4.70.